The number of benzene rings is 2. The van der Waals surface area contributed by atoms with E-state index in [1.54, 1.807) is 6.08 Å². The van der Waals surface area contributed by atoms with Crippen LogP contribution in [0.4, 0.5) is 5.69 Å². The summed E-state index contributed by atoms with van der Waals surface area (Å²) in [5, 5.41) is 20.9. The molecule has 0 atom stereocenters. The highest BCUT2D eigenvalue weighted by molar-refractivity contribution is 7.89. The lowest BCUT2D eigenvalue weighted by Crippen LogP contribution is -2.18. The molecule has 3 N–H and O–H groups in total. The van der Waals surface area contributed by atoms with Crippen molar-refractivity contribution < 1.29 is 13.2 Å². The van der Waals surface area contributed by atoms with Crippen LogP contribution in [0.25, 0.3) is 11.8 Å². The molecule has 0 spiro atoms. The van der Waals surface area contributed by atoms with E-state index in [1.165, 1.54) is 35.3 Å². The van der Waals surface area contributed by atoms with Gasteiger partial charge in [-0.2, -0.15) is 10.4 Å². The summed E-state index contributed by atoms with van der Waals surface area (Å²) in [6, 6.07) is 13.5. The molecule has 3 aromatic rings. The predicted octanol–water partition coefficient (Wildman–Crippen LogP) is 2.22. The van der Waals surface area contributed by atoms with Gasteiger partial charge >= 0.3 is 0 Å². The fourth-order valence-corrected chi connectivity index (χ4v) is 3.49. The number of aromatic nitrogens is 2. The molecule has 0 bridgehead atoms. The zero-order valence-corrected chi connectivity index (χ0v) is 16.1. The number of sulfonamides is 1. The fourth-order valence-electron chi connectivity index (χ4n) is 2.74. The van der Waals surface area contributed by atoms with Gasteiger partial charge in [0.15, 0.2) is 0 Å². The van der Waals surface area contributed by atoms with E-state index < -0.39 is 10.0 Å². The van der Waals surface area contributed by atoms with Crippen molar-refractivity contribution in [1.29, 1.82) is 5.26 Å². The van der Waals surface area contributed by atoms with Crippen LogP contribution in [0.3, 0.4) is 0 Å². The SMILES string of the molecule is C=Cc1cccc(CC(=O)Nc2ccc(-n3cc(C#N)cn3)c(S(N)(=O)=O)c2)c1. The Kier molecular flexibility index (Phi) is 5.59. The summed E-state index contributed by atoms with van der Waals surface area (Å²) in [4.78, 5) is 12.1. The van der Waals surface area contributed by atoms with E-state index in [-0.39, 0.29) is 34.2 Å². The lowest BCUT2D eigenvalue weighted by molar-refractivity contribution is -0.115. The molecule has 1 heterocycles. The third-order valence-electron chi connectivity index (χ3n) is 4.06. The van der Waals surface area contributed by atoms with Crippen LogP contribution in [0.5, 0.6) is 0 Å². The zero-order chi connectivity index (χ0) is 21.0. The number of nitrogens with one attached hydrogen (secondary N) is 1. The normalized spacial score (nSPS) is 10.9. The number of primary sulfonamides is 1. The highest BCUT2D eigenvalue weighted by Gasteiger charge is 2.18. The minimum Gasteiger partial charge on any atom is -0.326 e. The molecule has 0 aliphatic heterocycles. The van der Waals surface area contributed by atoms with E-state index >= 15 is 0 Å². The third-order valence-corrected chi connectivity index (χ3v) is 5.00. The molecule has 1 aromatic heterocycles. The molecule has 3 rings (SSSR count). The van der Waals surface area contributed by atoms with E-state index in [2.05, 4.69) is 17.0 Å². The number of anilines is 1. The highest BCUT2D eigenvalue weighted by Crippen LogP contribution is 2.23. The average Bonchev–Trinajstić information content (AvgIpc) is 3.16. The Labute approximate surface area is 167 Å². The summed E-state index contributed by atoms with van der Waals surface area (Å²) in [6.45, 7) is 3.70. The first-order chi connectivity index (χ1) is 13.8. The summed E-state index contributed by atoms with van der Waals surface area (Å²) in [5.74, 6) is -0.315. The number of carbonyl (C=O) groups excluding carboxylic acids is 1. The topological polar surface area (TPSA) is 131 Å². The molecule has 0 fully saturated rings. The van der Waals surface area contributed by atoms with Crippen LogP contribution in [0, 0.1) is 11.3 Å². The smallest absolute Gasteiger partial charge is 0.240 e. The maximum atomic E-state index is 12.4. The Hall–Kier alpha value is -3.74. The standard InChI is InChI=1S/C20H17N5O3S/c1-2-14-4-3-5-15(8-14)9-20(26)24-17-6-7-18(19(10-17)29(22,27)28)25-13-16(11-21)12-23-25/h2-8,10,12-13H,1,9H2,(H,24,26)(H2,22,27,28). The van der Waals surface area contributed by atoms with E-state index in [1.807, 2.05) is 30.3 Å². The van der Waals surface area contributed by atoms with Crippen LogP contribution >= 0.6 is 0 Å². The molecule has 146 valence electrons. The van der Waals surface area contributed by atoms with Gasteiger partial charge in [-0.25, -0.2) is 18.2 Å². The second-order valence-corrected chi connectivity index (χ2v) is 7.72. The lowest BCUT2D eigenvalue weighted by Gasteiger charge is -2.11. The Morgan fingerprint density at radius 1 is 1.31 bits per heavy atom. The minimum atomic E-state index is -4.11. The van der Waals surface area contributed by atoms with Crippen molar-refractivity contribution in [1.82, 2.24) is 9.78 Å². The number of nitrogens with zero attached hydrogens (tertiary/aromatic N) is 3. The van der Waals surface area contributed by atoms with Crippen LogP contribution in [0.15, 0.2) is 66.3 Å². The van der Waals surface area contributed by atoms with Gasteiger partial charge in [-0.05, 0) is 29.3 Å². The van der Waals surface area contributed by atoms with Gasteiger partial charge in [-0.1, -0.05) is 36.9 Å². The highest BCUT2D eigenvalue weighted by atomic mass is 32.2. The average molecular weight is 407 g/mol. The van der Waals surface area contributed by atoms with E-state index in [0.29, 0.717) is 0 Å². The summed E-state index contributed by atoms with van der Waals surface area (Å²) in [5.41, 5.74) is 2.40. The van der Waals surface area contributed by atoms with Crippen molar-refractivity contribution in [2.45, 2.75) is 11.3 Å². The molecule has 29 heavy (non-hydrogen) atoms. The van der Waals surface area contributed by atoms with Gasteiger partial charge in [0.05, 0.1) is 23.9 Å². The molecule has 0 aliphatic carbocycles. The van der Waals surface area contributed by atoms with E-state index in [9.17, 15) is 13.2 Å². The first-order valence-electron chi connectivity index (χ1n) is 8.43. The number of hydrogen-bond acceptors (Lipinski definition) is 5. The largest absolute Gasteiger partial charge is 0.326 e. The quantitative estimate of drug-likeness (QED) is 0.647. The van der Waals surface area contributed by atoms with Gasteiger partial charge in [0, 0.05) is 11.9 Å². The maximum absolute atomic E-state index is 12.4. The molecule has 0 radical (unpaired) electrons. The molecule has 8 nitrogen and oxygen atoms in total. The second-order valence-electron chi connectivity index (χ2n) is 6.19. The molecule has 1 amide bonds. The number of nitriles is 1. The van der Waals surface area contributed by atoms with Crippen LogP contribution in [0.1, 0.15) is 16.7 Å². The van der Waals surface area contributed by atoms with Gasteiger partial charge in [-0.3, -0.25) is 4.79 Å². The van der Waals surface area contributed by atoms with Crippen molar-refractivity contribution in [2.75, 3.05) is 5.32 Å². The third kappa shape index (κ3) is 4.76. The van der Waals surface area contributed by atoms with Gasteiger partial charge in [0.25, 0.3) is 0 Å². The molecule has 9 heteroatoms. The molecule has 0 aliphatic rings. The summed E-state index contributed by atoms with van der Waals surface area (Å²) in [7, 11) is -4.11. The fraction of sp³-hybridized carbons (Fsp3) is 0.0500. The number of rotatable bonds is 6. The van der Waals surface area contributed by atoms with Gasteiger partial charge < -0.3 is 5.32 Å². The van der Waals surface area contributed by atoms with Crippen molar-refractivity contribution in [3.05, 3.63) is 78.1 Å². The summed E-state index contributed by atoms with van der Waals surface area (Å²) >= 11 is 0. The number of hydrogen-bond donors (Lipinski definition) is 2. The van der Waals surface area contributed by atoms with E-state index in [4.69, 9.17) is 10.4 Å². The molecule has 0 saturated carbocycles. The number of nitrogens with two attached hydrogens (primary N) is 1. The number of carbonyl (C=O) groups is 1. The van der Waals surface area contributed by atoms with Crippen LogP contribution in [0.2, 0.25) is 0 Å². The monoisotopic (exact) mass is 407 g/mol. The Morgan fingerprint density at radius 2 is 2.10 bits per heavy atom. The van der Waals surface area contributed by atoms with Crippen molar-refractivity contribution in [3.63, 3.8) is 0 Å². The predicted molar refractivity (Wildman–Crippen MR) is 109 cm³/mol. The van der Waals surface area contributed by atoms with Gasteiger partial charge in [0.1, 0.15) is 11.0 Å². The molecular weight excluding hydrogens is 390 g/mol. The Balaban J connectivity index is 1.87. The second kappa shape index (κ2) is 8.10. The minimum absolute atomic E-state index is 0.110. The first kappa shape index (κ1) is 20.0. The van der Waals surface area contributed by atoms with Crippen molar-refractivity contribution in [3.8, 4) is 11.8 Å². The van der Waals surface area contributed by atoms with Crippen LogP contribution in [-0.2, 0) is 21.2 Å². The molecule has 0 unspecified atom stereocenters. The maximum Gasteiger partial charge on any atom is 0.240 e. The van der Waals surface area contributed by atoms with E-state index in [0.717, 1.165) is 11.1 Å². The summed E-state index contributed by atoms with van der Waals surface area (Å²) < 4.78 is 25.3. The van der Waals surface area contributed by atoms with Crippen LogP contribution in [-0.4, -0.2) is 24.1 Å². The van der Waals surface area contributed by atoms with Gasteiger partial charge in [-0.15, -0.1) is 0 Å². The molecular formula is C20H17N5O3S. The van der Waals surface area contributed by atoms with Crippen molar-refractivity contribution >= 4 is 27.7 Å². The summed E-state index contributed by atoms with van der Waals surface area (Å²) in [6.07, 6.45) is 4.49. The van der Waals surface area contributed by atoms with Crippen molar-refractivity contribution in [2.24, 2.45) is 5.14 Å². The number of amides is 1. The Morgan fingerprint density at radius 3 is 2.76 bits per heavy atom. The molecule has 0 saturated heterocycles. The first-order valence-corrected chi connectivity index (χ1v) is 9.98. The zero-order valence-electron chi connectivity index (χ0n) is 15.2. The van der Waals surface area contributed by atoms with Crippen LogP contribution < -0.4 is 10.5 Å². The van der Waals surface area contributed by atoms with Gasteiger partial charge in [0.2, 0.25) is 15.9 Å². The lowest BCUT2D eigenvalue weighted by atomic mass is 10.1. The Bertz CT molecular complexity index is 1240. The molecule has 2 aromatic carbocycles.